The summed E-state index contributed by atoms with van der Waals surface area (Å²) in [7, 11) is 1.81. The summed E-state index contributed by atoms with van der Waals surface area (Å²) in [5.41, 5.74) is 4.69. The number of carboxylic acids is 1. The van der Waals surface area contributed by atoms with Crippen molar-refractivity contribution in [2.75, 3.05) is 43.6 Å². The van der Waals surface area contributed by atoms with Gasteiger partial charge in [-0.15, -0.1) is 0 Å². The highest BCUT2D eigenvalue weighted by atomic mass is 19.1. The minimum absolute atomic E-state index is 0.137. The van der Waals surface area contributed by atoms with Gasteiger partial charge >= 0.3 is 5.97 Å². The topological polar surface area (TPSA) is 99.6 Å². The predicted octanol–water partition coefficient (Wildman–Crippen LogP) is 3.47. The lowest BCUT2D eigenvalue weighted by atomic mass is 10.1. The smallest absolute Gasteiger partial charge is 0.308 e. The Labute approximate surface area is 209 Å². The molecule has 188 valence electrons. The van der Waals surface area contributed by atoms with Crippen molar-refractivity contribution in [3.05, 3.63) is 89.1 Å². The average molecular weight is 492 g/mol. The van der Waals surface area contributed by atoms with Crippen LogP contribution in [0.2, 0.25) is 0 Å². The lowest BCUT2D eigenvalue weighted by molar-refractivity contribution is -0.136. The molecule has 2 aromatic carbocycles. The number of morpholine rings is 1. The molecule has 1 aliphatic rings. The molecule has 8 nitrogen and oxygen atoms in total. The molecule has 0 bridgehead atoms. The summed E-state index contributed by atoms with van der Waals surface area (Å²) in [6, 6.07) is 14.0. The van der Waals surface area contributed by atoms with E-state index in [1.807, 2.05) is 31.3 Å². The molecule has 1 aromatic heterocycles. The number of rotatable bonds is 10. The summed E-state index contributed by atoms with van der Waals surface area (Å²) in [6.07, 6.45) is 0.364. The van der Waals surface area contributed by atoms with Crippen LogP contribution in [0.15, 0.2) is 55.1 Å². The number of hydrogen-bond acceptors (Lipinski definition) is 7. The van der Waals surface area contributed by atoms with Gasteiger partial charge in [-0.05, 0) is 42.4 Å². The SMILES string of the molecule is C=C(Nc1ccc(Cc2nc(CNC)c(CC(=O)O)c(N3CCOCC3)n2)cc1)c1ccc(F)cc1. The van der Waals surface area contributed by atoms with Crippen LogP contribution in [0.1, 0.15) is 28.2 Å². The largest absolute Gasteiger partial charge is 0.481 e. The molecule has 36 heavy (non-hydrogen) atoms. The third kappa shape index (κ3) is 6.44. The zero-order valence-corrected chi connectivity index (χ0v) is 20.3. The second-order valence-corrected chi connectivity index (χ2v) is 8.57. The summed E-state index contributed by atoms with van der Waals surface area (Å²) in [5, 5.41) is 15.9. The summed E-state index contributed by atoms with van der Waals surface area (Å²) >= 11 is 0. The number of aliphatic carboxylic acids is 1. The fourth-order valence-corrected chi connectivity index (χ4v) is 4.11. The monoisotopic (exact) mass is 491 g/mol. The van der Waals surface area contributed by atoms with E-state index in [9.17, 15) is 14.3 Å². The number of nitrogens with zero attached hydrogens (tertiary/aromatic N) is 3. The zero-order valence-electron chi connectivity index (χ0n) is 20.3. The third-order valence-corrected chi connectivity index (χ3v) is 5.90. The number of hydrogen-bond donors (Lipinski definition) is 3. The molecule has 1 fully saturated rings. The van der Waals surface area contributed by atoms with Crippen LogP contribution in [0.25, 0.3) is 5.70 Å². The number of ether oxygens (including phenoxy) is 1. The van der Waals surface area contributed by atoms with E-state index < -0.39 is 5.97 Å². The van der Waals surface area contributed by atoms with Gasteiger partial charge in [-0.2, -0.15) is 0 Å². The van der Waals surface area contributed by atoms with Gasteiger partial charge in [0, 0.05) is 43.0 Å². The molecule has 2 heterocycles. The Bertz CT molecular complexity index is 1210. The number of carbonyl (C=O) groups is 1. The number of nitrogens with one attached hydrogen (secondary N) is 2. The van der Waals surface area contributed by atoms with E-state index >= 15 is 0 Å². The van der Waals surface area contributed by atoms with Crippen molar-refractivity contribution in [1.82, 2.24) is 15.3 Å². The standard InChI is InChI=1S/C27H30FN5O3/c1-18(20-5-7-21(28)8-6-20)30-22-9-3-19(4-10-22)15-25-31-24(17-29-2)23(16-26(34)35)27(32-25)33-11-13-36-14-12-33/h3-10,29-30H,1,11-17H2,2H3,(H,34,35). The number of benzene rings is 2. The highest BCUT2D eigenvalue weighted by Crippen LogP contribution is 2.25. The van der Waals surface area contributed by atoms with Gasteiger partial charge in [0.05, 0.1) is 25.3 Å². The van der Waals surface area contributed by atoms with Crippen molar-refractivity contribution < 1.29 is 19.0 Å². The van der Waals surface area contributed by atoms with Crippen molar-refractivity contribution in [2.24, 2.45) is 0 Å². The van der Waals surface area contributed by atoms with Gasteiger partial charge in [-0.3, -0.25) is 4.79 Å². The minimum Gasteiger partial charge on any atom is -0.481 e. The molecule has 3 aromatic rings. The van der Waals surface area contributed by atoms with Gasteiger partial charge in [0.2, 0.25) is 0 Å². The molecule has 0 aliphatic carbocycles. The fraction of sp³-hybridized carbons (Fsp3) is 0.296. The van der Waals surface area contributed by atoms with E-state index in [2.05, 4.69) is 22.1 Å². The van der Waals surface area contributed by atoms with Gasteiger partial charge in [-0.1, -0.05) is 30.8 Å². The van der Waals surface area contributed by atoms with Crippen LogP contribution < -0.4 is 15.5 Å². The summed E-state index contributed by atoms with van der Waals surface area (Å²) in [6.45, 7) is 6.94. The normalized spacial score (nSPS) is 13.4. The minimum atomic E-state index is -0.913. The maximum absolute atomic E-state index is 13.2. The molecule has 0 atom stereocenters. The van der Waals surface area contributed by atoms with Crippen LogP contribution in [0.5, 0.6) is 0 Å². The van der Waals surface area contributed by atoms with Crippen molar-refractivity contribution in [1.29, 1.82) is 0 Å². The van der Waals surface area contributed by atoms with E-state index in [1.165, 1.54) is 12.1 Å². The van der Waals surface area contributed by atoms with Gasteiger partial charge in [0.25, 0.3) is 0 Å². The molecule has 0 amide bonds. The Morgan fingerprint density at radius 3 is 2.44 bits per heavy atom. The lowest BCUT2D eigenvalue weighted by Crippen LogP contribution is -2.38. The quantitative estimate of drug-likeness (QED) is 0.397. The number of aromatic nitrogens is 2. The molecule has 0 spiro atoms. The Kier molecular flexibility index (Phi) is 8.24. The first kappa shape index (κ1) is 25.3. The molecule has 3 N–H and O–H groups in total. The summed E-state index contributed by atoms with van der Waals surface area (Å²) in [5.74, 6) is 0.101. The fourth-order valence-electron chi connectivity index (χ4n) is 4.11. The van der Waals surface area contributed by atoms with Crippen molar-refractivity contribution >= 4 is 23.2 Å². The maximum atomic E-state index is 13.2. The second kappa shape index (κ2) is 11.7. The molecule has 1 saturated heterocycles. The molecule has 9 heteroatoms. The first-order valence-corrected chi connectivity index (χ1v) is 11.8. The van der Waals surface area contributed by atoms with Gasteiger partial charge in [0.15, 0.2) is 0 Å². The Balaban J connectivity index is 1.55. The van der Waals surface area contributed by atoms with Crippen LogP contribution in [0, 0.1) is 5.82 Å². The highest BCUT2D eigenvalue weighted by Gasteiger charge is 2.23. The van der Waals surface area contributed by atoms with E-state index in [0.29, 0.717) is 67.9 Å². The van der Waals surface area contributed by atoms with Crippen molar-refractivity contribution in [3.8, 4) is 0 Å². The van der Waals surface area contributed by atoms with Crippen LogP contribution >= 0.6 is 0 Å². The predicted molar refractivity (Wildman–Crippen MR) is 137 cm³/mol. The lowest BCUT2D eigenvalue weighted by Gasteiger charge is -2.30. The van der Waals surface area contributed by atoms with E-state index in [-0.39, 0.29) is 12.2 Å². The van der Waals surface area contributed by atoms with Gasteiger partial charge in [-0.25, -0.2) is 14.4 Å². The van der Waals surface area contributed by atoms with E-state index in [0.717, 1.165) is 16.8 Å². The molecule has 0 unspecified atom stereocenters. The maximum Gasteiger partial charge on any atom is 0.308 e. The van der Waals surface area contributed by atoms with E-state index in [1.54, 1.807) is 12.1 Å². The van der Waals surface area contributed by atoms with E-state index in [4.69, 9.17) is 14.7 Å². The Hall–Kier alpha value is -3.82. The first-order chi connectivity index (χ1) is 17.4. The molecular weight excluding hydrogens is 461 g/mol. The Morgan fingerprint density at radius 1 is 1.11 bits per heavy atom. The number of anilines is 2. The Morgan fingerprint density at radius 2 is 1.81 bits per heavy atom. The van der Waals surface area contributed by atoms with Crippen LogP contribution in [-0.2, 0) is 28.9 Å². The second-order valence-electron chi connectivity index (χ2n) is 8.57. The first-order valence-electron chi connectivity index (χ1n) is 11.8. The van der Waals surface area contributed by atoms with Crippen LogP contribution in [-0.4, -0.2) is 54.4 Å². The summed E-state index contributed by atoms with van der Waals surface area (Å²) in [4.78, 5) is 23.2. The highest BCUT2D eigenvalue weighted by molar-refractivity contribution is 5.75. The van der Waals surface area contributed by atoms with Crippen LogP contribution in [0.3, 0.4) is 0 Å². The molecule has 1 aliphatic heterocycles. The average Bonchev–Trinajstić information content (AvgIpc) is 2.87. The van der Waals surface area contributed by atoms with Crippen molar-refractivity contribution in [3.63, 3.8) is 0 Å². The summed E-state index contributed by atoms with van der Waals surface area (Å²) < 4.78 is 18.7. The molecule has 4 rings (SSSR count). The van der Waals surface area contributed by atoms with Gasteiger partial charge < -0.3 is 25.4 Å². The van der Waals surface area contributed by atoms with Crippen molar-refractivity contribution in [2.45, 2.75) is 19.4 Å². The third-order valence-electron chi connectivity index (χ3n) is 5.90. The number of halogens is 1. The van der Waals surface area contributed by atoms with Gasteiger partial charge in [0.1, 0.15) is 17.5 Å². The molecule has 0 saturated carbocycles. The molecule has 0 radical (unpaired) electrons. The van der Waals surface area contributed by atoms with Crippen LogP contribution in [0.4, 0.5) is 15.9 Å². The number of carboxylic acid groups (broad SMARTS) is 1. The molecular formula is C27H30FN5O3. The zero-order chi connectivity index (χ0) is 25.5.